The quantitative estimate of drug-likeness (QED) is 0.797. The van der Waals surface area contributed by atoms with E-state index in [1.807, 2.05) is 36.1 Å². The monoisotopic (exact) mass is 350 g/mol. The summed E-state index contributed by atoms with van der Waals surface area (Å²) in [5, 5.41) is 9.11. The van der Waals surface area contributed by atoms with Gasteiger partial charge in [-0.1, -0.05) is 24.3 Å². The van der Waals surface area contributed by atoms with E-state index in [4.69, 9.17) is 14.7 Å². The van der Waals surface area contributed by atoms with E-state index >= 15 is 0 Å². The van der Waals surface area contributed by atoms with Crippen molar-refractivity contribution in [1.29, 1.82) is 5.26 Å². The Morgan fingerprint density at radius 2 is 1.96 bits per heavy atom. The van der Waals surface area contributed by atoms with Crippen LogP contribution in [-0.4, -0.2) is 30.6 Å². The standard InChI is InChI=1S/C21H22N2O3/c1-2-25-18-11-9-16(10-12-18)19-7-5-13-23(19)21(24)15-26-20-8-4-3-6-17(20)14-22/h3-4,6,8-12,19H,2,5,7,13,15H2,1H3. The van der Waals surface area contributed by atoms with E-state index in [0.717, 1.165) is 30.7 Å². The number of hydrogen-bond acceptors (Lipinski definition) is 4. The fraction of sp³-hybridized carbons (Fsp3) is 0.333. The van der Waals surface area contributed by atoms with Gasteiger partial charge in [-0.15, -0.1) is 0 Å². The van der Waals surface area contributed by atoms with Gasteiger partial charge in [0.1, 0.15) is 17.6 Å². The SMILES string of the molecule is CCOc1ccc(C2CCCN2C(=O)COc2ccccc2C#N)cc1. The summed E-state index contributed by atoms with van der Waals surface area (Å²) in [5.74, 6) is 1.22. The maximum Gasteiger partial charge on any atom is 0.261 e. The maximum atomic E-state index is 12.7. The van der Waals surface area contributed by atoms with E-state index in [1.54, 1.807) is 24.3 Å². The molecule has 1 saturated heterocycles. The Labute approximate surface area is 153 Å². The molecule has 5 nitrogen and oxygen atoms in total. The van der Waals surface area contributed by atoms with Crippen molar-refractivity contribution in [3.8, 4) is 17.6 Å². The Morgan fingerprint density at radius 3 is 2.69 bits per heavy atom. The average molecular weight is 350 g/mol. The van der Waals surface area contributed by atoms with E-state index in [9.17, 15) is 4.79 Å². The molecule has 0 radical (unpaired) electrons. The predicted molar refractivity (Wildman–Crippen MR) is 98.0 cm³/mol. The molecule has 0 spiro atoms. The Balaban J connectivity index is 1.65. The zero-order chi connectivity index (χ0) is 18.4. The number of ether oxygens (including phenoxy) is 2. The summed E-state index contributed by atoms with van der Waals surface area (Å²) in [6, 6.07) is 17.0. The lowest BCUT2D eigenvalue weighted by Gasteiger charge is -2.25. The van der Waals surface area contributed by atoms with Crippen molar-refractivity contribution < 1.29 is 14.3 Å². The molecule has 2 aromatic carbocycles. The van der Waals surface area contributed by atoms with Gasteiger partial charge in [-0.25, -0.2) is 0 Å². The summed E-state index contributed by atoms with van der Waals surface area (Å²) in [5.41, 5.74) is 1.54. The van der Waals surface area contributed by atoms with Gasteiger partial charge in [0.15, 0.2) is 6.61 Å². The Kier molecular flexibility index (Phi) is 5.75. The van der Waals surface area contributed by atoms with Crippen molar-refractivity contribution >= 4 is 5.91 Å². The number of rotatable bonds is 6. The number of amides is 1. The molecule has 0 N–H and O–H groups in total. The Bertz CT molecular complexity index is 796. The topological polar surface area (TPSA) is 62.6 Å². The first-order valence-corrected chi connectivity index (χ1v) is 8.87. The molecule has 0 aliphatic carbocycles. The molecule has 0 bridgehead atoms. The van der Waals surface area contributed by atoms with Gasteiger partial charge in [0.05, 0.1) is 18.2 Å². The molecule has 1 aliphatic heterocycles. The third-order valence-electron chi connectivity index (χ3n) is 4.51. The molecule has 1 heterocycles. The summed E-state index contributed by atoms with van der Waals surface area (Å²) >= 11 is 0. The van der Waals surface area contributed by atoms with Gasteiger partial charge in [0.25, 0.3) is 5.91 Å². The van der Waals surface area contributed by atoms with E-state index < -0.39 is 0 Å². The van der Waals surface area contributed by atoms with Crippen molar-refractivity contribution in [1.82, 2.24) is 4.90 Å². The first-order chi connectivity index (χ1) is 12.7. The second-order valence-electron chi connectivity index (χ2n) is 6.14. The minimum Gasteiger partial charge on any atom is -0.494 e. The van der Waals surface area contributed by atoms with Gasteiger partial charge in [0, 0.05) is 6.54 Å². The van der Waals surface area contributed by atoms with Crippen LogP contribution in [0.15, 0.2) is 48.5 Å². The summed E-state index contributed by atoms with van der Waals surface area (Å²) in [6.45, 7) is 3.25. The summed E-state index contributed by atoms with van der Waals surface area (Å²) in [6.07, 6.45) is 1.91. The minimum absolute atomic E-state index is 0.0610. The van der Waals surface area contributed by atoms with Crippen LogP contribution in [0.1, 0.15) is 36.9 Å². The summed E-state index contributed by atoms with van der Waals surface area (Å²) in [4.78, 5) is 14.5. The second-order valence-corrected chi connectivity index (χ2v) is 6.14. The molecule has 0 aromatic heterocycles. The minimum atomic E-state index is -0.0633. The van der Waals surface area contributed by atoms with E-state index in [0.29, 0.717) is 17.9 Å². The number of hydrogen-bond donors (Lipinski definition) is 0. The fourth-order valence-corrected chi connectivity index (χ4v) is 3.27. The molecule has 1 fully saturated rings. The van der Waals surface area contributed by atoms with E-state index in [-0.39, 0.29) is 18.6 Å². The molecule has 0 saturated carbocycles. The van der Waals surface area contributed by atoms with Gasteiger partial charge in [-0.05, 0) is 49.6 Å². The van der Waals surface area contributed by atoms with Crippen LogP contribution in [0.25, 0.3) is 0 Å². The molecule has 1 amide bonds. The summed E-state index contributed by atoms with van der Waals surface area (Å²) in [7, 11) is 0. The molecule has 1 atom stereocenters. The van der Waals surface area contributed by atoms with Crippen molar-refractivity contribution in [2.24, 2.45) is 0 Å². The average Bonchev–Trinajstić information content (AvgIpc) is 3.17. The van der Waals surface area contributed by atoms with Gasteiger partial charge in [0.2, 0.25) is 0 Å². The predicted octanol–water partition coefficient (Wildman–Crippen LogP) is 3.70. The number of likely N-dealkylation sites (tertiary alicyclic amines) is 1. The largest absolute Gasteiger partial charge is 0.494 e. The first kappa shape index (κ1) is 17.8. The molecule has 3 rings (SSSR count). The van der Waals surface area contributed by atoms with Crippen LogP contribution in [0, 0.1) is 11.3 Å². The zero-order valence-electron chi connectivity index (χ0n) is 14.9. The van der Waals surface area contributed by atoms with Gasteiger partial charge < -0.3 is 14.4 Å². The lowest BCUT2D eigenvalue weighted by Crippen LogP contribution is -2.34. The van der Waals surface area contributed by atoms with Crippen molar-refractivity contribution in [3.63, 3.8) is 0 Å². The number of para-hydroxylation sites is 1. The Hall–Kier alpha value is -3.00. The van der Waals surface area contributed by atoms with Crippen LogP contribution in [0.5, 0.6) is 11.5 Å². The molecule has 1 unspecified atom stereocenters. The highest BCUT2D eigenvalue weighted by Gasteiger charge is 2.30. The molecule has 2 aromatic rings. The lowest BCUT2D eigenvalue weighted by molar-refractivity contribution is -0.134. The van der Waals surface area contributed by atoms with Crippen LogP contribution in [0.2, 0.25) is 0 Å². The second kappa shape index (κ2) is 8.39. The smallest absolute Gasteiger partial charge is 0.261 e. The first-order valence-electron chi connectivity index (χ1n) is 8.87. The highest BCUT2D eigenvalue weighted by Crippen LogP contribution is 2.33. The van der Waals surface area contributed by atoms with Gasteiger partial charge >= 0.3 is 0 Å². The highest BCUT2D eigenvalue weighted by atomic mass is 16.5. The molecule has 5 heteroatoms. The van der Waals surface area contributed by atoms with Crippen molar-refractivity contribution in [2.45, 2.75) is 25.8 Å². The number of nitrogens with zero attached hydrogens (tertiary/aromatic N) is 2. The summed E-state index contributed by atoms with van der Waals surface area (Å²) < 4.78 is 11.1. The number of benzene rings is 2. The van der Waals surface area contributed by atoms with E-state index in [1.165, 1.54) is 0 Å². The number of nitriles is 1. The Morgan fingerprint density at radius 1 is 1.19 bits per heavy atom. The molecular formula is C21H22N2O3. The zero-order valence-corrected chi connectivity index (χ0v) is 14.9. The third-order valence-corrected chi connectivity index (χ3v) is 4.51. The van der Waals surface area contributed by atoms with Gasteiger partial charge in [-0.3, -0.25) is 4.79 Å². The number of carbonyl (C=O) groups excluding carboxylic acids is 1. The molecule has 134 valence electrons. The van der Waals surface area contributed by atoms with Gasteiger partial charge in [-0.2, -0.15) is 5.26 Å². The van der Waals surface area contributed by atoms with Crippen LogP contribution in [0.4, 0.5) is 0 Å². The normalized spacial score (nSPS) is 16.2. The van der Waals surface area contributed by atoms with Crippen molar-refractivity contribution in [3.05, 3.63) is 59.7 Å². The van der Waals surface area contributed by atoms with Crippen molar-refractivity contribution in [2.75, 3.05) is 19.8 Å². The van der Waals surface area contributed by atoms with Crippen LogP contribution < -0.4 is 9.47 Å². The third kappa shape index (κ3) is 3.97. The fourth-order valence-electron chi connectivity index (χ4n) is 3.27. The molecule has 1 aliphatic rings. The molecule has 26 heavy (non-hydrogen) atoms. The highest BCUT2D eigenvalue weighted by molar-refractivity contribution is 5.78. The van der Waals surface area contributed by atoms with Crippen LogP contribution >= 0.6 is 0 Å². The van der Waals surface area contributed by atoms with Crippen LogP contribution in [0.3, 0.4) is 0 Å². The number of carbonyl (C=O) groups is 1. The maximum absolute atomic E-state index is 12.7. The van der Waals surface area contributed by atoms with E-state index in [2.05, 4.69) is 6.07 Å². The van der Waals surface area contributed by atoms with Crippen LogP contribution in [-0.2, 0) is 4.79 Å². The molecular weight excluding hydrogens is 328 g/mol. The lowest BCUT2D eigenvalue weighted by atomic mass is 10.0.